The lowest BCUT2D eigenvalue weighted by Crippen LogP contribution is -2.27. The molecular formula is C12H13ClN2O2. The van der Waals surface area contributed by atoms with Crippen molar-refractivity contribution in [2.45, 2.75) is 32.3 Å². The normalized spacial score (nSPS) is 12.6. The topological polar surface area (TPSA) is 63.0 Å². The van der Waals surface area contributed by atoms with E-state index in [9.17, 15) is 4.79 Å². The SMILES string of the molecule is CC(C)(C)OC(=O)C(C#N)c1ccc(Cl)cn1. The van der Waals surface area contributed by atoms with Crippen LogP contribution in [-0.2, 0) is 9.53 Å². The molecule has 0 amide bonds. The van der Waals surface area contributed by atoms with Crippen molar-refractivity contribution < 1.29 is 9.53 Å². The third-order valence-electron chi connectivity index (χ3n) is 1.82. The summed E-state index contributed by atoms with van der Waals surface area (Å²) in [5.41, 5.74) is -0.287. The molecule has 90 valence electrons. The van der Waals surface area contributed by atoms with E-state index in [1.807, 2.05) is 6.07 Å². The van der Waals surface area contributed by atoms with E-state index in [1.165, 1.54) is 6.20 Å². The number of aromatic nitrogens is 1. The standard InChI is InChI=1S/C12H13ClN2O2/c1-12(2,3)17-11(16)9(6-14)10-5-4-8(13)7-15-10/h4-5,7,9H,1-3H3. The second kappa shape index (κ2) is 5.15. The summed E-state index contributed by atoms with van der Waals surface area (Å²) in [6, 6.07) is 5.00. The van der Waals surface area contributed by atoms with Gasteiger partial charge in [-0.3, -0.25) is 9.78 Å². The lowest BCUT2D eigenvalue weighted by Gasteiger charge is -2.21. The molecule has 4 nitrogen and oxygen atoms in total. The molecule has 0 saturated heterocycles. The molecule has 5 heteroatoms. The van der Waals surface area contributed by atoms with Gasteiger partial charge < -0.3 is 4.74 Å². The molecule has 0 bridgehead atoms. The fourth-order valence-corrected chi connectivity index (χ4v) is 1.27. The number of ether oxygens (including phenoxy) is 1. The quantitative estimate of drug-likeness (QED) is 0.759. The van der Waals surface area contributed by atoms with Gasteiger partial charge in [-0.25, -0.2) is 0 Å². The molecule has 1 atom stereocenters. The molecule has 0 fully saturated rings. The lowest BCUT2D eigenvalue weighted by molar-refractivity contribution is -0.155. The van der Waals surface area contributed by atoms with E-state index in [-0.39, 0.29) is 0 Å². The molecule has 0 aliphatic heterocycles. The predicted molar refractivity (Wildman–Crippen MR) is 63.4 cm³/mol. The van der Waals surface area contributed by atoms with Gasteiger partial charge in [0.15, 0.2) is 5.92 Å². The molecular weight excluding hydrogens is 240 g/mol. The minimum Gasteiger partial charge on any atom is -0.459 e. The zero-order chi connectivity index (χ0) is 13.1. The van der Waals surface area contributed by atoms with E-state index >= 15 is 0 Å². The smallest absolute Gasteiger partial charge is 0.330 e. The van der Waals surface area contributed by atoms with Crippen LogP contribution in [0.25, 0.3) is 0 Å². The van der Waals surface area contributed by atoms with Crippen molar-refractivity contribution in [3.63, 3.8) is 0 Å². The first-order valence-corrected chi connectivity index (χ1v) is 5.45. The summed E-state index contributed by atoms with van der Waals surface area (Å²) in [5, 5.41) is 9.45. The van der Waals surface area contributed by atoms with Gasteiger partial charge in [0.2, 0.25) is 0 Å². The van der Waals surface area contributed by atoms with Crippen molar-refractivity contribution in [3.05, 3.63) is 29.0 Å². The minimum atomic E-state index is -1.02. The molecule has 1 aromatic rings. The molecule has 1 rings (SSSR count). The maximum absolute atomic E-state index is 11.8. The fourth-order valence-electron chi connectivity index (χ4n) is 1.16. The first-order valence-electron chi connectivity index (χ1n) is 5.07. The monoisotopic (exact) mass is 252 g/mol. The molecule has 1 unspecified atom stereocenters. The Morgan fingerprint density at radius 1 is 1.53 bits per heavy atom. The Morgan fingerprint density at radius 3 is 2.59 bits per heavy atom. The Bertz CT molecular complexity index is 443. The van der Waals surface area contributed by atoms with Crippen LogP contribution in [0.3, 0.4) is 0 Å². The number of hydrogen-bond acceptors (Lipinski definition) is 4. The van der Waals surface area contributed by atoms with Crippen molar-refractivity contribution in [2.75, 3.05) is 0 Å². The first-order chi connectivity index (χ1) is 7.83. The van der Waals surface area contributed by atoms with E-state index < -0.39 is 17.5 Å². The van der Waals surface area contributed by atoms with Crippen LogP contribution in [0, 0.1) is 11.3 Å². The summed E-state index contributed by atoms with van der Waals surface area (Å²) in [7, 11) is 0. The van der Waals surface area contributed by atoms with Gasteiger partial charge in [0, 0.05) is 6.20 Å². The lowest BCUT2D eigenvalue weighted by atomic mass is 10.1. The molecule has 1 aromatic heterocycles. The van der Waals surface area contributed by atoms with Crippen LogP contribution in [0.2, 0.25) is 5.02 Å². The van der Waals surface area contributed by atoms with Gasteiger partial charge in [0.05, 0.1) is 16.8 Å². The molecule has 0 spiro atoms. The third kappa shape index (κ3) is 4.04. The van der Waals surface area contributed by atoms with Crippen molar-refractivity contribution in [1.29, 1.82) is 5.26 Å². The van der Waals surface area contributed by atoms with Gasteiger partial charge >= 0.3 is 5.97 Å². The van der Waals surface area contributed by atoms with Crippen LogP contribution in [0.15, 0.2) is 18.3 Å². The summed E-state index contributed by atoms with van der Waals surface area (Å²) in [5.74, 6) is -1.62. The Kier molecular flexibility index (Phi) is 4.08. The zero-order valence-corrected chi connectivity index (χ0v) is 10.7. The highest BCUT2D eigenvalue weighted by Gasteiger charge is 2.27. The fraction of sp³-hybridized carbons (Fsp3) is 0.417. The molecule has 0 N–H and O–H groups in total. The van der Waals surface area contributed by atoms with Gasteiger partial charge in [-0.05, 0) is 32.9 Å². The van der Waals surface area contributed by atoms with Gasteiger partial charge in [-0.2, -0.15) is 5.26 Å². The molecule has 1 heterocycles. The molecule has 0 aliphatic rings. The second-order valence-electron chi connectivity index (χ2n) is 4.50. The minimum absolute atomic E-state index is 0.339. The number of hydrogen-bond donors (Lipinski definition) is 0. The van der Waals surface area contributed by atoms with Crippen LogP contribution in [0.4, 0.5) is 0 Å². The Balaban J connectivity index is 2.90. The second-order valence-corrected chi connectivity index (χ2v) is 4.93. The summed E-state index contributed by atoms with van der Waals surface area (Å²) in [6.07, 6.45) is 1.39. The Morgan fingerprint density at radius 2 is 2.18 bits per heavy atom. The third-order valence-corrected chi connectivity index (χ3v) is 2.04. The summed E-state index contributed by atoms with van der Waals surface area (Å²) >= 11 is 5.68. The van der Waals surface area contributed by atoms with Crippen molar-refractivity contribution in [2.24, 2.45) is 0 Å². The van der Waals surface area contributed by atoms with E-state index in [0.717, 1.165) is 0 Å². The largest absolute Gasteiger partial charge is 0.459 e. The number of pyridine rings is 1. The van der Waals surface area contributed by atoms with Gasteiger partial charge in [0.25, 0.3) is 0 Å². The van der Waals surface area contributed by atoms with E-state index in [4.69, 9.17) is 21.6 Å². The van der Waals surface area contributed by atoms with Crippen LogP contribution in [0.5, 0.6) is 0 Å². The summed E-state index contributed by atoms with van der Waals surface area (Å²) in [6.45, 7) is 5.23. The number of esters is 1. The number of halogens is 1. The summed E-state index contributed by atoms with van der Waals surface area (Å²) < 4.78 is 5.14. The number of carbonyl (C=O) groups excluding carboxylic acids is 1. The molecule has 17 heavy (non-hydrogen) atoms. The first kappa shape index (κ1) is 13.5. The van der Waals surface area contributed by atoms with Crippen LogP contribution in [0.1, 0.15) is 32.4 Å². The van der Waals surface area contributed by atoms with Crippen LogP contribution in [-0.4, -0.2) is 16.6 Å². The van der Waals surface area contributed by atoms with Crippen LogP contribution >= 0.6 is 11.6 Å². The average Bonchev–Trinajstić information content (AvgIpc) is 2.19. The van der Waals surface area contributed by atoms with E-state index in [1.54, 1.807) is 32.9 Å². The number of rotatable bonds is 2. The highest BCUT2D eigenvalue weighted by Crippen LogP contribution is 2.19. The zero-order valence-electron chi connectivity index (χ0n) is 9.90. The van der Waals surface area contributed by atoms with E-state index in [2.05, 4.69) is 4.98 Å². The van der Waals surface area contributed by atoms with Crippen molar-refractivity contribution in [3.8, 4) is 6.07 Å². The highest BCUT2D eigenvalue weighted by molar-refractivity contribution is 6.30. The number of nitriles is 1. The summed E-state index contributed by atoms with van der Waals surface area (Å²) in [4.78, 5) is 15.7. The maximum Gasteiger partial charge on any atom is 0.330 e. The average molecular weight is 253 g/mol. The van der Waals surface area contributed by atoms with Gasteiger partial charge in [-0.15, -0.1) is 0 Å². The van der Waals surface area contributed by atoms with Gasteiger partial charge in [-0.1, -0.05) is 11.6 Å². The Labute approximate surface area is 105 Å². The van der Waals surface area contributed by atoms with Gasteiger partial charge in [0.1, 0.15) is 5.60 Å². The Hall–Kier alpha value is -1.60. The van der Waals surface area contributed by atoms with Crippen molar-refractivity contribution >= 4 is 17.6 Å². The molecule has 0 aliphatic carbocycles. The van der Waals surface area contributed by atoms with Crippen molar-refractivity contribution in [1.82, 2.24) is 4.98 Å². The molecule has 0 aromatic carbocycles. The highest BCUT2D eigenvalue weighted by atomic mass is 35.5. The van der Waals surface area contributed by atoms with E-state index in [0.29, 0.717) is 10.7 Å². The maximum atomic E-state index is 11.8. The molecule has 0 radical (unpaired) electrons. The number of nitrogens with zero attached hydrogens (tertiary/aromatic N) is 2. The molecule has 0 saturated carbocycles. The predicted octanol–water partition coefficient (Wildman–Crippen LogP) is 2.68. The number of carbonyl (C=O) groups is 1. The van der Waals surface area contributed by atoms with Crippen LogP contribution < -0.4 is 0 Å².